The molecule has 0 amide bonds. The summed E-state index contributed by atoms with van der Waals surface area (Å²) in [4.78, 5) is 7.52. The first-order chi connectivity index (χ1) is 6.58. The summed E-state index contributed by atoms with van der Waals surface area (Å²) < 4.78 is 0. The molecule has 1 atom stereocenters. The zero-order chi connectivity index (χ0) is 10.3. The average Bonchev–Trinajstić information content (AvgIpc) is 2.48. The molecule has 0 fully saturated rings. The number of benzene rings is 1. The molecule has 0 aliphatic carbocycles. The number of hydrogen-bond donors (Lipinski definition) is 2. The number of aromatic amines is 1. The number of nitrogens with two attached hydrogens (primary N) is 1. The molecule has 0 spiro atoms. The van der Waals surface area contributed by atoms with Crippen molar-refractivity contribution in [2.75, 3.05) is 0 Å². The van der Waals surface area contributed by atoms with E-state index < -0.39 is 0 Å². The number of hydrogen-bond acceptors (Lipinski definition) is 2. The van der Waals surface area contributed by atoms with Gasteiger partial charge in [0.05, 0.1) is 17.1 Å². The third kappa shape index (κ3) is 1.49. The first-order valence-corrected chi connectivity index (χ1v) is 4.87. The third-order valence-corrected chi connectivity index (χ3v) is 2.62. The number of nitrogens with zero attached hydrogens (tertiary/aromatic N) is 1. The Labute approximate surface area is 87.3 Å². The number of nitrogens with one attached hydrogen (secondary N) is 1. The van der Waals surface area contributed by atoms with E-state index in [1.165, 1.54) is 0 Å². The van der Waals surface area contributed by atoms with Crippen molar-refractivity contribution in [2.24, 2.45) is 5.73 Å². The summed E-state index contributed by atoms with van der Waals surface area (Å²) in [6.07, 6.45) is 0. The monoisotopic (exact) mass is 209 g/mol. The van der Waals surface area contributed by atoms with Crippen molar-refractivity contribution in [3.63, 3.8) is 0 Å². The number of fused-ring (bicyclic) bond motifs is 1. The van der Waals surface area contributed by atoms with Crippen molar-refractivity contribution in [1.82, 2.24) is 9.97 Å². The van der Waals surface area contributed by atoms with Crippen molar-refractivity contribution in [3.8, 4) is 0 Å². The van der Waals surface area contributed by atoms with Crippen LogP contribution in [0.3, 0.4) is 0 Å². The number of H-pyrrole nitrogens is 1. The van der Waals surface area contributed by atoms with Gasteiger partial charge in [-0.1, -0.05) is 11.6 Å². The minimum Gasteiger partial charge on any atom is -0.341 e. The lowest BCUT2D eigenvalue weighted by molar-refractivity contribution is 0.760. The molecule has 2 rings (SSSR count). The van der Waals surface area contributed by atoms with Gasteiger partial charge in [0, 0.05) is 5.02 Å². The van der Waals surface area contributed by atoms with Crippen molar-refractivity contribution < 1.29 is 0 Å². The minimum atomic E-state index is -0.0820. The van der Waals surface area contributed by atoms with Crippen LogP contribution in [0.2, 0.25) is 5.02 Å². The Morgan fingerprint density at radius 1 is 1.50 bits per heavy atom. The predicted octanol–water partition coefficient (Wildman–Crippen LogP) is 2.54. The second-order valence-electron chi connectivity index (χ2n) is 3.53. The molecule has 1 heterocycles. The van der Waals surface area contributed by atoms with Crippen molar-refractivity contribution in [2.45, 2.75) is 19.9 Å². The standard InChI is InChI=1S/C10H12ClN3/c1-5-3-8-9(4-7(5)11)14-10(13-8)6(2)12/h3-4,6H,12H2,1-2H3,(H,13,14)/t6-/m0/s1. The molecule has 0 unspecified atom stereocenters. The lowest BCUT2D eigenvalue weighted by atomic mass is 10.2. The Morgan fingerprint density at radius 3 is 2.86 bits per heavy atom. The van der Waals surface area contributed by atoms with Crippen LogP contribution in [0, 0.1) is 6.92 Å². The Hall–Kier alpha value is -1.06. The number of halogens is 1. The quantitative estimate of drug-likeness (QED) is 0.759. The molecule has 0 saturated heterocycles. The van der Waals surface area contributed by atoms with E-state index in [1.807, 2.05) is 26.0 Å². The molecule has 0 radical (unpaired) electrons. The summed E-state index contributed by atoms with van der Waals surface area (Å²) in [5, 5.41) is 0.736. The lowest BCUT2D eigenvalue weighted by Crippen LogP contribution is -2.06. The number of aryl methyl sites for hydroxylation is 1. The molecule has 74 valence electrons. The first-order valence-electron chi connectivity index (χ1n) is 4.49. The maximum absolute atomic E-state index is 5.99. The number of imidazole rings is 1. The molecule has 1 aromatic carbocycles. The van der Waals surface area contributed by atoms with Crippen LogP contribution in [0.25, 0.3) is 11.0 Å². The highest BCUT2D eigenvalue weighted by atomic mass is 35.5. The van der Waals surface area contributed by atoms with Crippen LogP contribution in [-0.4, -0.2) is 9.97 Å². The van der Waals surface area contributed by atoms with Crippen LogP contribution in [0.4, 0.5) is 0 Å². The van der Waals surface area contributed by atoms with E-state index in [0.29, 0.717) is 0 Å². The molecule has 4 heteroatoms. The summed E-state index contributed by atoms with van der Waals surface area (Å²) in [7, 11) is 0. The van der Waals surface area contributed by atoms with E-state index in [1.54, 1.807) is 0 Å². The van der Waals surface area contributed by atoms with Gasteiger partial charge in [-0.2, -0.15) is 0 Å². The van der Waals surface area contributed by atoms with Gasteiger partial charge >= 0.3 is 0 Å². The average molecular weight is 210 g/mol. The zero-order valence-electron chi connectivity index (χ0n) is 8.13. The van der Waals surface area contributed by atoms with Crippen molar-refractivity contribution >= 4 is 22.6 Å². The highest BCUT2D eigenvalue weighted by molar-refractivity contribution is 6.32. The van der Waals surface area contributed by atoms with E-state index in [0.717, 1.165) is 27.4 Å². The SMILES string of the molecule is Cc1cc2[nH]c([C@H](C)N)nc2cc1Cl. The van der Waals surface area contributed by atoms with Gasteiger partial charge in [-0.25, -0.2) is 4.98 Å². The van der Waals surface area contributed by atoms with Crippen LogP contribution in [-0.2, 0) is 0 Å². The van der Waals surface area contributed by atoms with E-state index >= 15 is 0 Å². The number of aromatic nitrogens is 2. The van der Waals surface area contributed by atoms with Crippen LogP contribution in [0.1, 0.15) is 24.4 Å². The van der Waals surface area contributed by atoms with E-state index in [-0.39, 0.29) is 6.04 Å². The van der Waals surface area contributed by atoms with E-state index in [9.17, 15) is 0 Å². The molecule has 3 nitrogen and oxygen atoms in total. The Morgan fingerprint density at radius 2 is 2.21 bits per heavy atom. The Kier molecular flexibility index (Phi) is 2.21. The number of rotatable bonds is 1. The highest BCUT2D eigenvalue weighted by Gasteiger charge is 2.07. The Balaban J connectivity index is 2.66. The van der Waals surface area contributed by atoms with Crippen LogP contribution in [0.15, 0.2) is 12.1 Å². The fraction of sp³-hybridized carbons (Fsp3) is 0.300. The zero-order valence-corrected chi connectivity index (χ0v) is 8.89. The second kappa shape index (κ2) is 3.26. The first kappa shape index (κ1) is 9.49. The smallest absolute Gasteiger partial charge is 0.123 e. The van der Waals surface area contributed by atoms with Gasteiger partial charge in [0.15, 0.2) is 0 Å². The van der Waals surface area contributed by atoms with Gasteiger partial charge in [-0.15, -0.1) is 0 Å². The van der Waals surface area contributed by atoms with E-state index in [4.69, 9.17) is 17.3 Å². The third-order valence-electron chi connectivity index (χ3n) is 2.21. The van der Waals surface area contributed by atoms with Crippen molar-refractivity contribution in [3.05, 3.63) is 28.5 Å². The van der Waals surface area contributed by atoms with Gasteiger partial charge in [0.1, 0.15) is 5.82 Å². The molecule has 3 N–H and O–H groups in total. The summed E-state index contributed by atoms with van der Waals surface area (Å²) in [5.41, 5.74) is 8.62. The Bertz CT molecular complexity index is 434. The molecule has 0 saturated carbocycles. The summed E-state index contributed by atoms with van der Waals surface area (Å²) in [5.74, 6) is 0.793. The molecule has 0 aliphatic heterocycles. The lowest BCUT2D eigenvalue weighted by Gasteiger charge is -1.96. The van der Waals surface area contributed by atoms with Gasteiger partial charge < -0.3 is 10.7 Å². The second-order valence-corrected chi connectivity index (χ2v) is 3.94. The van der Waals surface area contributed by atoms with Gasteiger partial charge in [-0.05, 0) is 31.5 Å². The minimum absolute atomic E-state index is 0.0820. The van der Waals surface area contributed by atoms with Gasteiger partial charge in [-0.3, -0.25) is 0 Å². The molecule has 0 bridgehead atoms. The highest BCUT2D eigenvalue weighted by Crippen LogP contribution is 2.22. The normalized spacial score (nSPS) is 13.4. The van der Waals surface area contributed by atoms with Crippen LogP contribution in [0.5, 0.6) is 0 Å². The fourth-order valence-electron chi connectivity index (χ4n) is 1.37. The summed E-state index contributed by atoms with van der Waals surface area (Å²) in [6, 6.07) is 3.76. The van der Waals surface area contributed by atoms with Crippen molar-refractivity contribution in [1.29, 1.82) is 0 Å². The van der Waals surface area contributed by atoms with Gasteiger partial charge in [0.25, 0.3) is 0 Å². The van der Waals surface area contributed by atoms with Crippen LogP contribution >= 0.6 is 11.6 Å². The molecular formula is C10H12ClN3. The van der Waals surface area contributed by atoms with E-state index in [2.05, 4.69) is 9.97 Å². The largest absolute Gasteiger partial charge is 0.341 e. The predicted molar refractivity (Wildman–Crippen MR) is 58.4 cm³/mol. The summed E-state index contributed by atoms with van der Waals surface area (Å²) in [6.45, 7) is 3.86. The summed E-state index contributed by atoms with van der Waals surface area (Å²) >= 11 is 5.99. The maximum atomic E-state index is 5.99. The molecule has 14 heavy (non-hydrogen) atoms. The molecule has 2 aromatic rings. The molecule has 1 aromatic heterocycles. The fourth-order valence-corrected chi connectivity index (χ4v) is 1.53. The topological polar surface area (TPSA) is 54.7 Å². The molecular weight excluding hydrogens is 198 g/mol. The molecule has 0 aliphatic rings. The van der Waals surface area contributed by atoms with Crippen LogP contribution < -0.4 is 5.73 Å². The maximum Gasteiger partial charge on any atom is 0.123 e. The van der Waals surface area contributed by atoms with Gasteiger partial charge in [0.2, 0.25) is 0 Å².